The van der Waals surface area contributed by atoms with E-state index in [-0.39, 0.29) is 30.5 Å². The zero-order valence-corrected chi connectivity index (χ0v) is 29.7. The van der Waals surface area contributed by atoms with Gasteiger partial charge < -0.3 is 23.7 Å². The predicted molar refractivity (Wildman–Crippen MR) is 185 cm³/mol. The molecule has 0 aliphatic carbocycles. The number of halogens is 1. The monoisotopic (exact) mass is 731 g/mol. The third-order valence-electron chi connectivity index (χ3n) is 7.45. The Hall–Kier alpha value is -4.86. The van der Waals surface area contributed by atoms with E-state index >= 15 is 0 Å². The lowest BCUT2D eigenvalue weighted by Crippen LogP contribution is -2.40. The second-order valence-electron chi connectivity index (χ2n) is 11.0. The minimum absolute atomic E-state index is 0.0914. The van der Waals surface area contributed by atoms with Gasteiger partial charge in [-0.3, -0.25) is 9.36 Å². The SMILES string of the molecule is CCOC(=O)C1=C(C)N=c2s/c(=C/c3cc(Br)cc(OC)c3OCc3ccccc3C#N)c(=O)n2[C@H]1c1ccc(OC(C)C)c(OC)c1. The van der Waals surface area contributed by atoms with Gasteiger partial charge in [-0.25, -0.2) is 9.79 Å². The first kappa shape index (κ1) is 34.5. The van der Waals surface area contributed by atoms with Crippen LogP contribution in [0.1, 0.15) is 56.0 Å². The van der Waals surface area contributed by atoms with Gasteiger partial charge in [0, 0.05) is 15.6 Å². The molecule has 0 N–H and O–H groups in total. The molecule has 0 amide bonds. The molecule has 4 aromatic rings. The molecule has 2 heterocycles. The number of rotatable bonds is 11. The average molecular weight is 733 g/mol. The maximum absolute atomic E-state index is 14.3. The molecule has 0 saturated carbocycles. The first-order chi connectivity index (χ1) is 23.1. The van der Waals surface area contributed by atoms with E-state index in [1.807, 2.05) is 38.1 Å². The number of nitriles is 1. The largest absolute Gasteiger partial charge is 0.493 e. The summed E-state index contributed by atoms with van der Waals surface area (Å²) in [7, 11) is 3.07. The number of fused-ring (bicyclic) bond motifs is 1. The van der Waals surface area contributed by atoms with Gasteiger partial charge in [0.05, 0.1) is 60.4 Å². The Morgan fingerprint density at radius 1 is 1.10 bits per heavy atom. The molecule has 48 heavy (non-hydrogen) atoms. The van der Waals surface area contributed by atoms with Crippen molar-refractivity contribution in [1.82, 2.24) is 4.57 Å². The van der Waals surface area contributed by atoms with E-state index in [2.05, 4.69) is 27.0 Å². The molecule has 0 unspecified atom stereocenters. The standard InChI is InChI=1S/C36H34BrN3O7S/c1-7-45-35(42)31-21(4)39-36-40(32(31)22-12-13-27(47-20(2)3)28(15-22)43-5)34(41)30(48-36)16-25-14-26(37)17-29(44-6)33(25)46-19-24-11-9-8-10-23(24)18-38/h8-17,20,32H,7,19H2,1-6H3/b30-16+/t32-/m0/s1. The minimum Gasteiger partial charge on any atom is -0.493 e. The zero-order valence-electron chi connectivity index (χ0n) is 27.3. The van der Waals surface area contributed by atoms with Gasteiger partial charge in [0.25, 0.3) is 5.56 Å². The Labute approximate surface area is 290 Å². The van der Waals surface area contributed by atoms with Crippen LogP contribution in [0.5, 0.6) is 23.0 Å². The van der Waals surface area contributed by atoms with Crippen LogP contribution in [0.4, 0.5) is 0 Å². The molecule has 1 aromatic heterocycles. The van der Waals surface area contributed by atoms with E-state index in [1.54, 1.807) is 50.3 Å². The van der Waals surface area contributed by atoms with Crippen molar-refractivity contribution in [1.29, 1.82) is 5.26 Å². The van der Waals surface area contributed by atoms with Crippen LogP contribution in [0.15, 0.2) is 80.1 Å². The van der Waals surface area contributed by atoms with Crippen molar-refractivity contribution < 1.29 is 28.5 Å². The first-order valence-electron chi connectivity index (χ1n) is 15.1. The summed E-state index contributed by atoms with van der Waals surface area (Å²) in [4.78, 5) is 32.8. The van der Waals surface area contributed by atoms with Gasteiger partial charge in [0.15, 0.2) is 27.8 Å². The van der Waals surface area contributed by atoms with Crippen LogP contribution in [0.3, 0.4) is 0 Å². The second-order valence-corrected chi connectivity index (χ2v) is 12.9. The molecule has 10 nitrogen and oxygen atoms in total. The molecule has 0 radical (unpaired) electrons. The van der Waals surface area contributed by atoms with Crippen molar-refractivity contribution in [2.45, 2.75) is 46.4 Å². The molecular formula is C36H34BrN3O7S. The summed E-state index contributed by atoms with van der Waals surface area (Å²) in [6, 6.07) is 17.4. The van der Waals surface area contributed by atoms with Gasteiger partial charge in [-0.15, -0.1) is 0 Å². The van der Waals surface area contributed by atoms with Gasteiger partial charge in [0.1, 0.15) is 6.61 Å². The topological polar surface area (TPSA) is 121 Å². The van der Waals surface area contributed by atoms with Gasteiger partial charge in [0.2, 0.25) is 0 Å². The highest BCUT2D eigenvalue weighted by molar-refractivity contribution is 9.10. The molecule has 12 heteroatoms. The number of esters is 1. The number of hydrogen-bond acceptors (Lipinski definition) is 10. The quantitative estimate of drug-likeness (QED) is 0.177. The van der Waals surface area contributed by atoms with E-state index in [9.17, 15) is 14.9 Å². The van der Waals surface area contributed by atoms with E-state index in [0.29, 0.717) is 64.8 Å². The molecule has 0 saturated heterocycles. The Morgan fingerprint density at radius 3 is 2.54 bits per heavy atom. The number of allylic oxidation sites excluding steroid dienone is 1. The van der Waals surface area contributed by atoms with E-state index in [0.717, 1.165) is 0 Å². The summed E-state index contributed by atoms with van der Waals surface area (Å²) in [5.41, 5.74) is 2.72. The van der Waals surface area contributed by atoms with Gasteiger partial charge >= 0.3 is 5.97 Å². The molecule has 0 bridgehead atoms. The zero-order chi connectivity index (χ0) is 34.5. The van der Waals surface area contributed by atoms with Crippen molar-refractivity contribution in [2.24, 2.45) is 4.99 Å². The highest BCUT2D eigenvalue weighted by Crippen LogP contribution is 2.38. The predicted octanol–water partition coefficient (Wildman–Crippen LogP) is 5.82. The van der Waals surface area contributed by atoms with Crippen LogP contribution >= 0.6 is 27.3 Å². The Kier molecular flexibility index (Phi) is 10.7. The minimum atomic E-state index is -0.848. The normalized spacial score (nSPS) is 14.2. The lowest BCUT2D eigenvalue weighted by Gasteiger charge is -2.25. The third kappa shape index (κ3) is 7.02. The van der Waals surface area contributed by atoms with Gasteiger partial charge in [-0.2, -0.15) is 5.26 Å². The fourth-order valence-corrected chi connectivity index (χ4v) is 6.85. The molecule has 3 aromatic carbocycles. The Balaban J connectivity index is 1.68. The Bertz CT molecular complexity index is 2130. The fourth-order valence-electron chi connectivity index (χ4n) is 5.36. The first-order valence-corrected chi connectivity index (χ1v) is 16.7. The summed E-state index contributed by atoms with van der Waals surface area (Å²) in [6.07, 6.45) is 1.62. The van der Waals surface area contributed by atoms with Crippen LogP contribution in [0.2, 0.25) is 0 Å². The average Bonchev–Trinajstić information content (AvgIpc) is 3.37. The van der Waals surface area contributed by atoms with Crippen molar-refractivity contribution in [3.05, 3.63) is 112 Å². The number of hydrogen-bond donors (Lipinski definition) is 0. The van der Waals surface area contributed by atoms with Crippen LogP contribution in [-0.2, 0) is 16.1 Å². The molecule has 0 fully saturated rings. The summed E-state index contributed by atoms with van der Waals surface area (Å²) in [6.45, 7) is 7.54. The number of ether oxygens (including phenoxy) is 5. The van der Waals surface area contributed by atoms with Gasteiger partial charge in [-0.05, 0) is 69.7 Å². The number of carbonyl (C=O) groups excluding carboxylic acids is 1. The number of thiazole rings is 1. The maximum Gasteiger partial charge on any atom is 0.338 e. The van der Waals surface area contributed by atoms with Crippen LogP contribution in [0.25, 0.3) is 6.08 Å². The summed E-state index contributed by atoms with van der Waals surface area (Å²) in [5, 5.41) is 9.56. The molecule has 0 spiro atoms. The highest BCUT2D eigenvalue weighted by Gasteiger charge is 2.34. The molecule has 1 aliphatic rings. The molecular weight excluding hydrogens is 698 g/mol. The second kappa shape index (κ2) is 14.9. The lowest BCUT2D eigenvalue weighted by molar-refractivity contribution is -0.139. The maximum atomic E-state index is 14.3. The summed E-state index contributed by atoms with van der Waals surface area (Å²) in [5.74, 6) is 1.26. The van der Waals surface area contributed by atoms with E-state index < -0.39 is 12.0 Å². The van der Waals surface area contributed by atoms with Crippen molar-refractivity contribution in [2.75, 3.05) is 20.8 Å². The number of aromatic nitrogens is 1. The molecule has 5 rings (SSSR count). The fraction of sp³-hybridized carbons (Fsp3) is 0.278. The van der Waals surface area contributed by atoms with Gasteiger partial charge in [-0.1, -0.05) is 51.5 Å². The van der Waals surface area contributed by atoms with Crippen LogP contribution in [-0.4, -0.2) is 37.5 Å². The van der Waals surface area contributed by atoms with E-state index in [1.165, 1.54) is 30.1 Å². The van der Waals surface area contributed by atoms with Crippen LogP contribution in [0, 0.1) is 11.3 Å². The molecule has 1 atom stereocenters. The van der Waals surface area contributed by atoms with E-state index in [4.69, 9.17) is 23.7 Å². The number of benzene rings is 3. The van der Waals surface area contributed by atoms with Crippen molar-refractivity contribution in [3.63, 3.8) is 0 Å². The molecule has 1 aliphatic heterocycles. The molecule has 248 valence electrons. The Morgan fingerprint density at radius 2 is 1.85 bits per heavy atom. The number of carbonyl (C=O) groups is 1. The third-order valence-corrected chi connectivity index (χ3v) is 8.89. The van der Waals surface area contributed by atoms with Crippen molar-refractivity contribution >= 4 is 39.3 Å². The summed E-state index contributed by atoms with van der Waals surface area (Å²) < 4.78 is 31.5. The summed E-state index contributed by atoms with van der Waals surface area (Å²) >= 11 is 4.73. The van der Waals surface area contributed by atoms with Crippen LogP contribution < -0.4 is 33.8 Å². The smallest absolute Gasteiger partial charge is 0.338 e. The lowest BCUT2D eigenvalue weighted by atomic mass is 9.95. The number of methoxy groups -OCH3 is 2. The highest BCUT2D eigenvalue weighted by atomic mass is 79.9. The number of nitrogens with zero attached hydrogens (tertiary/aromatic N) is 3. The van der Waals surface area contributed by atoms with Crippen molar-refractivity contribution in [3.8, 4) is 29.1 Å².